The highest BCUT2D eigenvalue weighted by Crippen LogP contribution is 2.22. The highest BCUT2D eigenvalue weighted by molar-refractivity contribution is 5.30. The highest BCUT2D eigenvalue weighted by Gasteiger charge is 2.11. The first kappa shape index (κ1) is 13.9. The van der Waals surface area contributed by atoms with E-state index in [4.69, 9.17) is 9.84 Å². The Balaban J connectivity index is 2.69. The molecule has 0 aromatic heterocycles. The van der Waals surface area contributed by atoms with Crippen molar-refractivity contribution in [2.24, 2.45) is 0 Å². The summed E-state index contributed by atoms with van der Waals surface area (Å²) >= 11 is 0. The number of aliphatic hydroxyl groups excluding tert-OH is 1. The molecule has 4 heteroatoms. The number of ether oxygens (including phenoxy) is 1. The van der Waals surface area contributed by atoms with Crippen LogP contribution in [-0.2, 0) is 0 Å². The first-order valence-corrected chi connectivity index (χ1v) is 5.78. The van der Waals surface area contributed by atoms with Crippen molar-refractivity contribution in [2.45, 2.75) is 32.4 Å². The van der Waals surface area contributed by atoms with Crippen molar-refractivity contribution in [1.82, 2.24) is 5.32 Å². The quantitative estimate of drug-likeness (QED) is 0.802. The van der Waals surface area contributed by atoms with Gasteiger partial charge in [0.25, 0.3) is 0 Å². The summed E-state index contributed by atoms with van der Waals surface area (Å²) in [6, 6.07) is 5.17. The predicted molar refractivity (Wildman–Crippen MR) is 65.7 cm³/mol. The maximum absolute atomic E-state index is 13.5. The van der Waals surface area contributed by atoms with Crippen molar-refractivity contribution in [3.63, 3.8) is 0 Å². The second-order valence-electron chi connectivity index (χ2n) is 4.20. The molecule has 0 radical (unpaired) electrons. The fraction of sp³-hybridized carbons (Fsp3) is 0.538. The minimum Gasteiger partial charge on any atom is -0.494 e. The average Bonchev–Trinajstić information content (AvgIpc) is 2.29. The summed E-state index contributed by atoms with van der Waals surface area (Å²) in [5.41, 5.74) is 0.869. The van der Waals surface area contributed by atoms with E-state index in [1.54, 1.807) is 6.07 Å². The first-order chi connectivity index (χ1) is 8.08. The third kappa shape index (κ3) is 3.98. The van der Waals surface area contributed by atoms with Crippen LogP contribution in [-0.4, -0.2) is 24.9 Å². The standard InChI is InChI=1S/C13H20FNO2/c1-9(6-7-16)15-10(2)11-4-5-13(17-3)12(14)8-11/h4-5,8-10,15-16H,6-7H2,1-3H3. The molecule has 1 rings (SSSR count). The van der Waals surface area contributed by atoms with Crippen LogP contribution in [0.2, 0.25) is 0 Å². The molecule has 1 aromatic carbocycles. The zero-order valence-electron chi connectivity index (χ0n) is 10.5. The Labute approximate surface area is 102 Å². The third-order valence-corrected chi connectivity index (χ3v) is 2.77. The highest BCUT2D eigenvalue weighted by atomic mass is 19.1. The lowest BCUT2D eigenvalue weighted by Gasteiger charge is -2.20. The van der Waals surface area contributed by atoms with E-state index in [9.17, 15) is 4.39 Å². The summed E-state index contributed by atoms with van der Waals surface area (Å²) in [5.74, 6) is -0.0992. The lowest BCUT2D eigenvalue weighted by atomic mass is 10.1. The van der Waals surface area contributed by atoms with E-state index in [0.29, 0.717) is 6.42 Å². The Bertz CT molecular complexity index is 357. The number of rotatable bonds is 6. The van der Waals surface area contributed by atoms with Gasteiger partial charge in [-0.3, -0.25) is 0 Å². The van der Waals surface area contributed by atoms with Crippen molar-refractivity contribution >= 4 is 0 Å². The van der Waals surface area contributed by atoms with Crippen LogP contribution in [0, 0.1) is 5.82 Å². The van der Waals surface area contributed by atoms with Gasteiger partial charge in [0.2, 0.25) is 0 Å². The van der Waals surface area contributed by atoms with Gasteiger partial charge in [0.1, 0.15) is 0 Å². The Hall–Kier alpha value is -1.13. The van der Waals surface area contributed by atoms with E-state index in [-0.39, 0.29) is 30.3 Å². The zero-order chi connectivity index (χ0) is 12.8. The minimum absolute atomic E-state index is 0.0388. The zero-order valence-corrected chi connectivity index (χ0v) is 10.5. The van der Waals surface area contributed by atoms with Gasteiger partial charge >= 0.3 is 0 Å². The average molecular weight is 241 g/mol. The molecule has 0 aliphatic heterocycles. The first-order valence-electron chi connectivity index (χ1n) is 5.78. The number of methoxy groups -OCH3 is 1. The maximum Gasteiger partial charge on any atom is 0.165 e. The fourth-order valence-corrected chi connectivity index (χ4v) is 1.75. The van der Waals surface area contributed by atoms with Gasteiger partial charge in [-0.1, -0.05) is 6.07 Å². The summed E-state index contributed by atoms with van der Waals surface area (Å²) in [6.45, 7) is 4.11. The van der Waals surface area contributed by atoms with Crippen molar-refractivity contribution < 1.29 is 14.2 Å². The van der Waals surface area contributed by atoms with Crippen LogP contribution < -0.4 is 10.1 Å². The Morgan fingerprint density at radius 3 is 2.65 bits per heavy atom. The molecule has 2 atom stereocenters. The topological polar surface area (TPSA) is 41.5 Å². The van der Waals surface area contributed by atoms with Crippen LogP contribution in [0.5, 0.6) is 5.75 Å². The lowest BCUT2D eigenvalue weighted by Crippen LogP contribution is -2.29. The second kappa shape index (κ2) is 6.57. The smallest absolute Gasteiger partial charge is 0.165 e. The van der Waals surface area contributed by atoms with Gasteiger partial charge in [-0.25, -0.2) is 4.39 Å². The van der Waals surface area contributed by atoms with Crippen molar-refractivity contribution in [3.8, 4) is 5.75 Å². The summed E-state index contributed by atoms with van der Waals surface area (Å²) in [6.07, 6.45) is 0.684. The van der Waals surface area contributed by atoms with Gasteiger partial charge in [-0.05, 0) is 38.0 Å². The van der Waals surface area contributed by atoms with Crippen LogP contribution in [0.25, 0.3) is 0 Å². The Kier molecular flexibility index (Phi) is 5.38. The predicted octanol–water partition coefficient (Wildman–Crippen LogP) is 2.26. The molecule has 0 spiro atoms. The van der Waals surface area contributed by atoms with Crippen LogP contribution >= 0.6 is 0 Å². The normalized spacial score (nSPS) is 14.4. The molecule has 0 aliphatic rings. The number of hydrogen-bond acceptors (Lipinski definition) is 3. The summed E-state index contributed by atoms with van der Waals surface area (Å²) in [4.78, 5) is 0. The van der Waals surface area contributed by atoms with Gasteiger partial charge in [0, 0.05) is 18.7 Å². The Morgan fingerprint density at radius 2 is 2.12 bits per heavy atom. The lowest BCUT2D eigenvalue weighted by molar-refractivity contribution is 0.264. The number of halogens is 1. The number of aliphatic hydroxyl groups is 1. The number of benzene rings is 1. The minimum atomic E-state index is -0.353. The molecule has 0 amide bonds. The summed E-state index contributed by atoms with van der Waals surface area (Å²) < 4.78 is 18.4. The molecule has 0 saturated carbocycles. The SMILES string of the molecule is COc1ccc(C(C)NC(C)CCO)cc1F. The number of hydrogen-bond donors (Lipinski definition) is 2. The molecule has 0 heterocycles. The van der Waals surface area contributed by atoms with Gasteiger partial charge in [-0.2, -0.15) is 0 Å². The molecular weight excluding hydrogens is 221 g/mol. The molecule has 2 N–H and O–H groups in total. The molecule has 0 bridgehead atoms. The van der Waals surface area contributed by atoms with Crippen molar-refractivity contribution in [2.75, 3.05) is 13.7 Å². The van der Waals surface area contributed by atoms with Gasteiger partial charge in [0.15, 0.2) is 11.6 Å². The Morgan fingerprint density at radius 1 is 1.41 bits per heavy atom. The molecule has 2 unspecified atom stereocenters. The monoisotopic (exact) mass is 241 g/mol. The van der Waals surface area contributed by atoms with E-state index in [1.165, 1.54) is 13.2 Å². The molecule has 0 fully saturated rings. The van der Waals surface area contributed by atoms with Crippen LogP contribution in [0.15, 0.2) is 18.2 Å². The van der Waals surface area contributed by atoms with E-state index in [1.807, 2.05) is 19.9 Å². The van der Waals surface area contributed by atoms with Crippen molar-refractivity contribution in [1.29, 1.82) is 0 Å². The molecule has 3 nitrogen and oxygen atoms in total. The van der Waals surface area contributed by atoms with E-state index < -0.39 is 0 Å². The molecule has 96 valence electrons. The van der Waals surface area contributed by atoms with Crippen LogP contribution in [0.3, 0.4) is 0 Å². The molecule has 0 saturated heterocycles. The van der Waals surface area contributed by atoms with E-state index in [2.05, 4.69) is 5.32 Å². The van der Waals surface area contributed by atoms with Crippen LogP contribution in [0.1, 0.15) is 31.9 Å². The maximum atomic E-state index is 13.5. The molecule has 1 aromatic rings. The molecule has 0 aliphatic carbocycles. The fourth-order valence-electron chi connectivity index (χ4n) is 1.75. The number of nitrogens with one attached hydrogen (secondary N) is 1. The van der Waals surface area contributed by atoms with E-state index in [0.717, 1.165) is 5.56 Å². The van der Waals surface area contributed by atoms with E-state index >= 15 is 0 Å². The van der Waals surface area contributed by atoms with Gasteiger partial charge in [0.05, 0.1) is 7.11 Å². The van der Waals surface area contributed by atoms with Gasteiger partial charge < -0.3 is 15.2 Å². The summed E-state index contributed by atoms with van der Waals surface area (Å²) in [5, 5.41) is 12.1. The van der Waals surface area contributed by atoms with Crippen molar-refractivity contribution in [3.05, 3.63) is 29.6 Å². The second-order valence-corrected chi connectivity index (χ2v) is 4.20. The summed E-state index contributed by atoms with van der Waals surface area (Å²) in [7, 11) is 1.45. The van der Waals surface area contributed by atoms with Gasteiger partial charge in [-0.15, -0.1) is 0 Å². The molecule has 17 heavy (non-hydrogen) atoms. The largest absolute Gasteiger partial charge is 0.494 e. The molecular formula is C13H20FNO2. The van der Waals surface area contributed by atoms with Crippen LogP contribution in [0.4, 0.5) is 4.39 Å². The third-order valence-electron chi connectivity index (χ3n) is 2.77.